The van der Waals surface area contributed by atoms with Gasteiger partial charge >= 0.3 is 0 Å². The molecule has 0 bridgehead atoms. The summed E-state index contributed by atoms with van der Waals surface area (Å²) in [5, 5.41) is 3.22. The second-order valence-corrected chi connectivity index (χ2v) is 6.96. The zero-order valence-electron chi connectivity index (χ0n) is 15.2. The van der Waals surface area contributed by atoms with Gasteiger partial charge in [-0.25, -0.2) is 0 Å². The first-order valence-corrected chi connectivity index (χ1v) is 8.97. The van der Waals surface area contributed by atoms with E-state index in [1.165, 1.54) is 4.90 Å². The molecule has 2 aromatic carbocycles. The number of hydrogen-bond acceptors (Lipinski definition) is 3. The van der Waals surface area contributed by atoms with Gasteiger partial charge < -0.3 is 15.1 Å². The first-order chi connectivity index (χ1) is 12.9. The zero-order valence-corrected chi connectivity index (χ0v) is 15.9. The minimum absolute atomic E-state index is 0.00403. The van der Waals surface area contributed by atoms with Crippen molar-refractivity contribution in [3.05, 3.63) is 58.6 Å². The van der Waals surface area contributed by atoms with E-state index in [1.807, 2.05) is 0 Å². The highest BCUT2D eigenvalue weighted by Gasteiger charge is 2.24. The SMILES string of the molecule is CN(C)C(=O)c1cccc(NC(=O)c2ccc(Cl)c(N3CCCC3=O)c2)c1. The second kappa shape index (κ2) is 7.80. The van der Waals surface area contributed by atoms with Crippen LogP contribution in [0.5, 0.6) is 0 Å². The van der Waals surface area contributed by atoms with Crippen LogP contribution in [0, 0.1) is 0 Å². The molecule has 3 rings (SSSR count). The van der Waals surface area contributed by atoms with Crippen molar-refractivity contribution in [2.75, 3.05) is 30.9 Å². The maximum atomic E-state index is 12.6. The molecule has 0 aliphatic carbocycles. The zero-order chi connectivity index (χ0) is 19.6. The molecule has 1 aliphatic rings. The van der Waals surface area contributed by atoms with Gasteiger partial charge in [0.05, 0.1) is 10.7 Å². The number of anilines is 2. The largest absolute Gasteiger partial charge is 0.345 e. The Bertz CT molecular complexity index is 911. The second-order valence-electron chi connectivity index (χ2n) is 6.55. The van der Waals surface area contributed by atoms with E-state index in [2.05, 4.69) is 5.32 Å². The van der Waals surface area contributed by atoms with Crippen molar-refractivity contribution >= 4 is 40.7 Å². The molecule has 0 atom stereocenters. The Morgan fingerprint density at radius 2 is 1.89 bits per heavy atom. The fourth-order valence-electron chi connectivity index (χ4n) is 2.96. The minimum atomic E-state index is -0.339. The highest BCUT2D eigenvalue weighted by Crippen LogP contribution is 2.30. The molecule has 1 saturated heterocycles. The lowest BCUT2D eigenvalue weighted by Gasteiger charge is -2.18. The average molecular weight is 386 g/mol. The summed E-state index contributed by atoms with van der Waals surface area (Å²) in [6.07, 6.45) is 1.26. The van der Waals surface area contributed by atoms with Crippen molar-refractivity contribution in [3.8, 4) is 0 Å². The molecular formula is C20H20ClN3O3. The van der Waals surface area contributed by atoms with Crippen LogP contribution in [0.15, 0.2) is 42.5 Å². The number of amides is 3. The predicted octanol–water partition coefficient (Wildman–Crippen LogP) is 3.42. The molecule has 0 unspecified atom stereocenters. The Hall–Kier alpha value is -2.86. The Morgan fingerprint density at radius 1 is 1.11 bits per heavy atom. The van der Waals surface area contributed by atoms with Crippen LogP contribution in [0.4, 0.5) is 11.4 Å². The van der Waals surface area contributed by atoms with Gasteiger partial charge in [-0.1, -0.05) is 17.7 Å². The van der Waals surface area contributed by atoms with Gasteiger partial charge in [0, 0.05) is 43.9 Å². The Labute approximate surface area is 162 Å². The Balaban J connectivity index is 1.82. The summed E-state index contributed by atoms with van der Waals surface area (Å²) in [5.41, 5.74) is 1.93. The summed E-state index contributed by atoms with van der Waals surface area (Å²) < 4.78 is 0. The lowest BCUT2D eigenvalue weighted by molar-refractivity contribution is -0.117. The molecule has 6 nitrogen and oxygen atoms in total. The topological polar surface area (TPSA) is 69.7 Å². The van der Waals surface area contributed by atoms with Crippen molar-refractivity contribution < 1.29 is 14.4 Å². The molecule has 27 heavy (non-hydrogen) atoms. The van der Waals surface area contributed by atoms with E-state index in [9.17, 15) is 14.4 Å². The molecular weight excluding hydrogens is 366 g/mol. The average Bonchev–Trinajstić information content (AvgIpc) is 3.07. The third kappa shape index (κ3) is 4.11. The van der Waals surface area contributed by atoms with Gasteiger partial charge in [0.1, 0.15) is 0 Å². The lowest BCUT2D eigenvalue weighted by Crippen LogP contribution is -2.24. The highest BCUT2D eigenvalue weighted by atomic mass is 35.5. The molecule has 0 aromatic heterocycles. The molecule has 1 aliphatic heterocycles. The van der Waals surface area contributed by atoms with Gasteiger partial charge in [0.25, 0.3) is 11.8 Å². The quantitative estimate of drug-likeness (QED) is 0.876. The van der Waals surface area contributed by atoms with Crippen molar-refractivity contribution in [1.82, 2.24) is 4.90 Å². The number of hydrogen-bond donors (Lipinski definition) is 1. The van der Waals surface area contributed by atoms with E-state index < -0.39 is 0 Å². The molecule has 140 valence electrons. The van der Waals surface area contributed by atoms with Gasteiger partial charge in [-0.3, -0.25) is 14.4 Å². The lowest BCUT2D eigenvalue weighted by atomic mass is 10.1. The van der Waals surface area contributed by atoms with Gasteiger partial charge in [0.2, 0.25) is 5.91 Å². The van der Waals surface area contributed by atoms with Crippen LogP contribution >= 0.6 is 11.6 Å². The third-order valence-electron chi connectivity index (χ3n) is 4.35. The maximum absolute atomic E-state index is 12.6. The first-order valence-electron chi connectivity index (χ1n) is 8.60. The Morgan fingerprint density at radius 3 is 2.56 bits per heavy atom. The molecule has 2 aromatic rings. The Kier molecular flexibility index (Phi) is 5.46. The predicted molar refractivity (Wildman–Crippen MR) is 105 cm³/mol. The van der Waals surface area contributed by atoms with E-state index in [1.54, 1.807) is 61.5 Å². The number of carbonyl (C=O) groups excluding carboxylic acids is 3. The van der Waals surface area contributed by atoms with E-state index in [-0.39, 0.29) is 17.7 Å². The molecule has 1 heterocycles. The summed E-state index contributed by atoms with van der Waals surface area (Å²) in [6, 6.07) is 11.6. The molecule has 0 spiro atoms. The van der Waals surface area contributed by atoms with Crippen LogP contribution in [0.3, 0.4) is 0 Å². The van der Waals surface area contributed by atoms with Crippen LogP contribution < -0.4 is 10.2 Å². The van der Waals surface area contributed by atoms with Gasteiger partial charge in [-0.05, 0) is 42.8 Å². The van der Waals surface area contributed by atoms with Crippen molar-refractivity contribution in [3.63, 3.8) is 0 Å². The fraction of sp³-hybridized carbons (Fsp3) is 0.250. The van der Waals surface area contributed by atoms with E-state index >= 15 is 0 Å². The van der Waals surface area contributed by atoms with Crippen molar-refractivity contribution in [2.24, 2.45) is 0 Å². The van der Waals surface area contributed by atoms with Crippen molar-refractivity contribution in [2.45, 2.75) is 12.8 Å². The van der Waals surface area contributed by atoms with Crippen LogP contribution in [0.1, 0.15) is 33.6 Å². The number of nitrogens with one attached hydrogen (secondary N) is 1. The van der Waals surface area contributed by atoms with E-state index in [0.717, 1.165) is 6.42 Å². The molecule has 1 N–H and O–H groups in total. The standard InChI is InChI=1S/C20H20ClN3O3/c1-23(2)20(27)14-5-3-6-15(11-14)22-19(26)13-8-9-16(21)17(12-13)24-10-4-7-18(24)25/h3,5-6,8-9,11-12H,4,7,10H2,1-2H3,(H,22,26). The highest BCUT2D eigenvalue weighted by molar-refractivity contribution is 6.34. The maximum Gasteiger partial charge on any atom is 0.255 e. The normalized spacial score (nSPS) is 13.6. The fourth-order valence-corrected chi connectivity index (χ4v) is 3.17. The third-order valence-corrected chi connectivity index (χ3v) is 4.67. The van der Waals surface area contributed by atoms with Gasteiger partial charge in [0.15, 0.2) is 0 Å². The van der Waals surface area contributed by atoms with Crippen LogP contribution in [0.2, 0.25) is 5.02 Å². The number of carbonyl (C=O) groups is 3. The number of benzene rings is 2. The smallest absolute Gasteiger partial charge is 0.255 e. The molecule has 1 fully saturated rings. The monoisotopic (exact) mass is 385 g/mol. The van der Waals surface area contributed by atoms with Crippen LogP contribution in [-0.2, 0) is 4.79 Å². The summed E-state index contributed by atoms with van der Waals surface area (Å²) in [5.74, 6) is -0.481. The summed E-state index contributed by atoms with van der Waals surface area (Å²) in [4.78, 5) is 39.8. The summed E-state index contributed by atoms with van der Waals surface area (Å²) in [7, 11) is 3.34. The number of halogens is 1. The van der Waals surface area contributed by atoms with Crippen LogP contribution in [-0.4, -0.2) is 43.3 Å². The van der Waals surface area contributed by atoms with E-state index in [4.69, 9.17) is 11.6 Å². The summed E-state index contributed by atoms with van der Waals surface area (Å²) >= 11 is 6.22. The molecule has 7 heteroatoms. The number of rotatable bonds is 4. The molecule has 3 amide bonds. The van der Waals surface area contributed by atoms with Crippen LogP contribution in [0.25, 0.3) is 0 Å². The first kappa shape index (κ1) is 18.9. The summed E-state index contributed by atoms with van der Waals surface area (Å²) in [6.45, 7) is 0.596. The van der Waals surface area contributed by atoms with Gasteiger partial charge in [-0.15, -0.1) is 0 Å². The number of nitrogens with zero attached hydrogens (tertiary/aromatic N) is 2. The molecule has 0 radical (unpaired) electrons. The van der Waals surface area contributed by atoms with Gasteiger partial charge in [-0.2, -0.15) is 0 Å². The van der Waals surface area contributed by atoms with E-state index in [0.29, 0.717) is 40.5 Å². The minimum Gasteiger partial charge on any atom is -0.345 e. The molecule has 0 saturated carbocycles. The van der Waals surface area contributed by atoms with Crippen molar-refractivity contribution in [1.29, 1.82) is 0 Å².